The van der Waals surface area contributed by atoms with Crippen LogP contribution in [-0.4, -0.2) is 36.4 Å². The van der Waals surface area contributed by atoms with E-state index in [1.165, 1.54) is 11.8 Å². The van der Waals surface area contributed by atoms with Crippen molar-refractivity contribution in [3.05, 3.63) is 36.0 Å². The second kappa shape index (κ2) is 6.00. The maximum atomic E-state index is 13.1. The third-order valence-electron chi connectivity index (χ3n) is 2.43. The summed E-state index contributed by atoms with van der Waals surface area (Å²) < 4.78 is 26.1. The summed E-state index contributed by atoms with van der Waals surface area (Å²) >= 11 is 1.48. The Morgan fingerprint density at radius 1 is 1.53 bits per heavy atom. The van der Waals surface area contributed by atoms with E-state index in [1.54, 1.807) is 16.4 Å². The van der Waals surface area contributed by atoms with Gasteiger partial charge in [-0.15, -0.1) is 18.3 Å². The van der Waals surface area contributed by atoms with E-state index in [0.29, 0.717) is 17.9 Å². The normalized spacial score (nSPS) is 19.2. The monoisotopic (exact) mass is 258 g/mol. The largest absolute Gasteiger partial charge is 0.364 e. The van der Waals surface area contributed by atoms with Crippen molar-refractivity contribution in [1.82, 2.24) is 4.90 Å². The van der Waals surface area contributed by atoms with Crippen molar-refractivity contribution in [1.29, 1.82) is 0 Å². The van der Waals surface area contributed by atoms with Crippen LogP contribution in [0, 0.1) is 0 Å². The number of thioether (sulfide) groups is 1. The molecule has 1 heterocycles. The first-order valence-corrected chi connectivity index (χ1v) is 6.26. The van der Waals surface area contributed by atoms with Gasteiger partial charge in [0, 0.05) is 18.7 Å². The van der Waals surface area contributed by atoms with Gasteiger partial charge in [-0.3, -0.25) is 4.99 Å². The maximum Gasteiger partial charge on any atom is 0.266 e. The average molecular weight is 258 g/mol. The summed E-state index contributed by atoms with van der Waals surface area (Å²) in [5, 5.41) is 1.77. The van der Waals surface area contributed by atoms with Gasteiger partial charge in [-0.1, -0.05) is 12.7 Å². The van der Waals surface area contributed by atoms with E-state index in [2.05, 4.69) is 24.9 Å². The second-order valence-corrected chi connectivity index (χ2v) is 4.66. The van der Waals surface area contributed by atoms with E-state index < -0.39 is 5.92 Å². The highest BCUT2D eigenvalue weighted by atomic mass is 32.2. The predicted octanol–water partition coefficient (Wildman–Crippen LogP) is 3.30. The molecule has 0 saturated carbocycles. The molecular weight excluding hydrogens is 242 g/mol. The first-order chi connectivity index (χ1) is 8.00. The zero-order valence-corrected chi connectivity index (χ0v) is 10.5. The van der Waals surface area contributed by atoms with Crippen LogP contribution >= 0.6 is 11.8 Å². The van der Waals surface area contributed by atoms with E-state index in [9.17, 15) is 8.78 Å². The third-order valence-corrected chi connectivity index (χ3v) is 3.24. The quantitative estimate of drug-likeness (QED) is 0.314. The lowest BCUT2D eigenvalue weighted by atomic mass is 10.3. The molecule has 2 nitrogen and oxygen atoms in total. The zero-order chi connectivity index (χ0) is 12.9. The van der Waals surface area contributed by atoms with E-state index in [1.807, 2.05) is 0 Å². The van der Waals surface area contributed by atoms with Crippen molar-refractivity contribution in [3.8, 4) is 0 Å². The minimum absolute atomic E-state index is 0.129. The molecule has 1 aliphatic heterocycles. The van der Waals surface area contributed by atoms with Crippen LogP contribution in [0.3, 0.4) is 0 Å². The number of likely N-dealkylation sites (tertiary alicyclic amines) is 1. The molecule has 0 atom stereocenters. The van der Waals surface area contributed by atoms with Crippen LogP contribution in [0.5, 0.6) is 0 Å². The average Bonchev–Trinajstić information content (AvgIpc) is 2.64. The first kappa shape index (κ1) is 14.0. The number of alkyl halides is 2. The van der Waals surface area contributed by atoms with Crippen LogP contribution in [0.4, 0.5) is 8.78 Å². The number of halogens is 2. The fourth-order valence-electron chi connectivity index (χ4n) is 1.52. The lowest BCUT2D eigenvalue weighted by Gasteiger charge is -2.20. The first-order valence-electron chi connectivity index (χ1n) is 5.21. The molecule has 1 fully saturated rings. The fraction of sp³-hybridized carbons (Fsp3) is 0.417. The van der Waals surface area contributed by atoms with Crippen molar-refractivity contribution in [3.63, 3.8) is 0 Å². The fourth-order valence-corrected chi connectivity index (χ4v) is 2.12. The number of aliphatic imine (C=N–C) groups is 1. The minimum Gasteiger partial charge on any atom is -0.364 e. The molecule has 0 aromatic heterocycles. The molecule has 1 rings (SSSR count). The SMILES string of the molecule is C=CCS/C=C(\N=C)C(=C)N1CCC(F)(F)C1. The van der Waals surface area contributed by atoms with Gasteiger partial charge in [-0.25, -0.2) is 8.78 Å². The summed E-state index contributed by atoms with van der Waals surface area (Å²) in [4.78, 5) is 5.37. The smallest absolute Gasteiger partial charge is 0.266 e. The van der Waals surface area contributed by atoms with Crippen LogP contribution in [0.25, 0.3) is 0 Å². The summed E-state index contributed by atoms with van der Waals surface area (Å²) in [5.74, 6) is -1.88. The molecule has 1 aliphatic rings. The van der Waals surface area contributed by atoms with Gasteiger partial charge in [-0.05, 0) is 12.1 Å². The predicted molar refractivity (Wildman–Crippen MR) is 70.6 cm³/mol. The van der Waals surface area contributed by atoms with Crippen molar-refractivity contribution in [2.45, 2.75) is 12.3 Å². The third kappa shape index (κ3) is 4.00. The van der Waals surface area contributed by atoms with Crippen LogP contribution in [0.15, 0.2) is 41.0 Å². The molecule has 0 aromatic carbocycles. The molecule has 17 heavy (non-hydrogen) atoms. The lowest BCUT2D eigenvalue weighted by Crippen LogP contribution is -2.24. The Balaban J connectivity index is 2.64. The molecule has 1 saturated heterocycles. The molecule has 0 N–H and O–H groups in total. The van der Waals surface area contributed by atoms with Gasteiger partial charge in [0.05, 0.1) is 17.9 Å². The molecule has 0 bridgehead atoms. The Hall–Kier alpha value is -1.10. The lowest BCUT2D eigenvalue weighted by molar-refractivity contribution is 0.0154. The standard InChI is InChI=1S/C12H16F2N2S/c1-4-7-17-8-11(15-3)10(2)16-6-5-12(13,14)9-16/h4,8H,1-3,5-7,9H2/b11-8-. The van der Waals surface area contributed by atoms with Crippen molar-refractivity contribution < 1.29 is 8.78 Å². The molecule has 0 amide bonds. The highest BCUT2D eigenvalue weighted by Gasteiger charge is 2.38. The maximum absolute atomic E-state index is 13.1. The zero-order valence-electron chi connectivity index (χ0n) is 9.66. The van der Waals surface area contributed by atoms with Crippen LogP contribution < -0.4 is 0 Å². The van der Waals surface area contributed by atoms with Crippen molar-refractivity contribution in [2.24, 2.45) is 4.99 Å². The Morgan fingerprint density at radius 3 is 2.71 bits per heavy atom. The van der Waals surface area contributed by atoms with Crippen LogP contribution in [-0.2, 0) is 0 Å². The van der Waals surface area contributed by atoms with Crippen molar-refractivity contribution >= 4 is 18.5 Å². The van der Waals surface area contributed by atoms with E-state index >= 15 is 0 Å². The van der Waals surface area contributed by atoms with Gasteiger partial charge in [0.25, 0.3) is 5.92 Å². The summed E-state index contributed by atoms with van der Waals surface area (Å²) in [6, 6.07) is 0. The number of hydrogen-bond acceptors (Lipinski definition) is 3. The molecule has 0 radical (unpaired) electrons. The van der Waals surface area contributed by atoms with Crippen LogP contribution in [0.1, 0.15) is 6.42 Å². The van der Waals surface area contributed by atoms with Gasteiger partial charge in [0.15, 0.2) is 0 Å². The summed E-state index contributed by atoms with van der Waals surface area (Å²) in [5.41, 5.74) is 1.06. The Labute approximate surface area is 105 Å². The van der Waals surface area contributed by atoms with Gasteiger partial charge in [-0.2, -0.15) is 0 Å². The Kier molecular flexibility index (Phi) is 4.93. The Bertz CT molecular complexity index is 350. The van der Waals surface area contributed by atoms with Gasteiger partial charge >= 0.3 is 0 Å². The molecule has 5 heteroatoms. The molecule has 0 spiro atoms. The molecule has 94 valence electrons. The Morgan fingerprint density at radius 2 is 2.24 bits per heavy atom. The van der Waals surface area contributed by atoms with E-state index in [4.69, 9.17) is 0 Å². The number of rotatable bonds is 6. The van der Waals surface area contributed by atoms with Gasteiger partial charge in [0.1, 0.15) is 0 Å². The van der Waals surface area contributed by atoms with E-state index in [-0.39, 0.29) is 13.0 Å². The molecular formula is C12H16F2N2S. The number of nitrogens with zero attached hydrogens (tertiary/aromatic N) is 2. The summed E-state index contributed by atoms with van der Waals surface area (Å²) in [6.07, 6.45) is 1.63. The van der Waals surface area contributed by atoms with Gasteiger partial charge in [0.2, 0.25) is 0 Å². The molecule has 0 unspecified atom stereocenters. The van der Waals surface area contributed by atoms with Crippen LogP contribution in [0.2, 0.25) is 0 Å². The molecule has 0 aliphatic carbocycles. The topological polar surface area (TPSA) is 15.6 Å². The summed E-state index contributed by atoms with van der Waals surface area (Å²) in [6.45, 7) is 10.9. The van der Waals surface area contributed by atoms with E-state index in [0.717, 1.165) is 5.75 Å². The van der Waals surface area contributed by atoms with Gasteiger partial charge < -0.3 is 4.90 Å². The highest BCUT2D eigenvalue weighted by molar-refractivity contribution is 8.02. The molecule has 0 aromatic rings. The van der Waals surface area contributed by atoms with Crippen molar-refractivity contribution in [2.75, 3.05) is 18.8 Å². The number of hydrogen-bond donors (Lipinski definition) is 0. The second-order valence-electron chi connectivity index (χ2n) is 3.76. The minimum atomic E-state index is -2.62. The highest BCUT2D eigenvalue weighted by Crippen LogP contribution is 2.31. The summed E-state index contributed by atoms with van der Waals surface area (Å²) in [7, 11) is 0.